The van der Waals surface area contributed by atoms with Gasteiger partial charge >= 0.3 is 5.97 Å². The Kier molecular flexibility index (Phi) is 6.85. The molecule has 0 fully saturated rings. The molecule has 2 unspecified atom stereocenters. The third-order valence-corrected chi connectivity index (χ3v) is 5.39. The highest BCUT2D eigenvalue weighted by molar-refractivity contribution is 5.90. The number of rotatable bonds is 8. The number of ether oxygens (including phenoxy) is 2. The molecule has 8 heteroatoms. The Balaban J connectivity index is 1.32. The van der Waals surface area contributed by atoms with Crippen LogP contribution in [0.4, 0.5) is 5.69 Å². The maximum atomic E-state index is 11.9. The van der Waals surface area contributed by atoms with Crippen LogP contribution in [0.3, 0.4) is 0 Å². The van der Waals surface area contributed by atoms with Crippen molar-refractivity contribution >= 4 is 17.6 Å². The molecule has 4 N–H and O–H groups in total. The number of benzene rings is 2. The average Bonchev–Trinajstić information content (AvgIpc) is 2.84. The highest BCUT2D eigenvalue weighted by Gasteiger charge is 2.21. The van der Waals surface area contributed by atoms with Gasteiger partial charge in [-0.25, -0.2) is 4.98 Å². The number of nitrogens with one attached hydrogen (secondary N) is 1. The van der Waals surface area contributed by atoms with E-state index in [9.17, 15) is 9.59 Å². The Morgan fingerprint density at radius 3 is 2.73 bits per heavy atom. The number of hydrogen-bond donors (Lipinski definition) is 3. The zero-order valence-corrected chi connectivity index (χ0v) is 17.9. The molecule has 8 nitrogen and oxygen atoms in total. The van der Waals surface area contributed by atoms with Gasteiger partial charge in [-0.15, -0.1) is 0 Å². The second kappa shape index (κ2) is 10.1. The van der Waals surface area contributed by atoms with E-state index in [0.29, 0.717) is 17.3 Å². The molecule has 3 aromatic rings. The van der Waals surface area contributed by atoms with Gasteiger partial charge in [0.25, 0.3) is 0 Å². The first-order chi connectivity index (χ1) is 16.0. The number of carboxylic acid groups (broad SMARTS) is 1. The van der Waals surface area contributed by atoms with E-state index in [1.807, 2.05) is 36.4 Å². The number of hydrogen-bond acceptors (Lipinski definition) is 6. The van der Waals surface area contributed by atoms with Gasteiger partial charge in [-0.1, -0.05) is 30.3 Å². The number of carbonyl (C=O) groups excluding carboxylic acids is 1. The molecule has 0 aliphatic carbocycles. The monoisotopic (exact) mass is 447 g/mol. The average molecular weight is 447 g/mol. The van der Waals surface area contributed by atoms with E-state index in [2.05, 4.69) is 22.4 Å². The third kappa shape index (κ3) is 5.87. The summed E-state index contributed by atoms with van der Waals surface area (Å²) in [6.45, 7) is 0. The van der Waals surface area contributed by atoms with E-state index in [4.69, 9.17) is 20.3 Å². The number of aliphatic carboxylic acids is 1. The van der Waals surface area contributed by atoms with Crippen LogP contribution in [-0.2, 0) is 16.0 Å². The first-order valence-corrected chi connectivity index (χ1v) is 10.7. The maximum Gasteiger partial charge on any atom is 0.320 e. The fraction of sp³-hybridized carbons (Fsp3) is 0.240. The molecule has 4 rings (SSSR count). The van der Waals surface area contributed by atoms with Crippen molar-refractivity contribution in [3.63, 3.8) is 0 Å². The smallest absolute Gasteiger partial charge is 0.320 e. The normalized spacial score (nSPS) is 15.6. The summed E-state index contributed by atoms with van der Waals surface area (Å²) < 4.78 is 12.0. The summed E-state index contributed by atoms with van der Waals surface area (Å²) in [6, 6.07) is 18.2. The van der Waals surface area contributed by atoms with E-state index in [-0.39, 0.29) is 24.9 Å². The van der Waals surface area contributed by atoms with Crippen molar-refractivity contribution in [3.8, 4) is 17.4 Å². The van der Waals surface area contributed by atoms with Crippen molar-refractivity contribution in [1.29, 1.82) is 0 Å². The second-order valence-electron chi connectivity index (χ2n) is 7.84. The highest BCUT2D eigenvalue weighted by atomic mass is 16.5. The lowest BCUT2D eigenvalue weighted by Gasteiger charge is -2.26. The van der Waals surface area contributed by atoms with Gasteiger partial charge in [0.1, 0.15) is 23.6 Å². The third-order valence-electron chi connectivity index (χ3n) is 5.39. The van der Waals surface area contributed by atoms with Gasteiger partial charge in [0.2, 0.25) is 11.8 Å². The van der Waals surface area contributed by atoms with Crippen LogP contribution in [0.1, 0.15) is 36.5 Å². The summed E-state index contributed by atoms with van der Waals surface area (Å²) in [5.41, 5.74) is 8.16. The Hall–Kier alpha value is -3.91. The standard InChI is InChI=1S/C25H25N3O5/c26-20(25(30)31)9-12-23(29)28-18-7-13-24(27-15-18)32-19-8-11-22-17(14-19)6-10-21(33-22)16-4-2-1-3-5-16/h1-5,7-8,11,13-15,20-21H,6,9-10,12,26H2,(H,28,29)(H,30,31). The maximum absolute atomic E-state index is 11.9. The van der Waals surface area contributed by atoms with Crippen LogP contribution in [0, 0.1) is 0 Å². The second-order valence-corrected chi connectivity index (χ2v) is 7.84. The molecule has 1 aliphatic heterocycles. The van der Waals surface area contributed by atoms with Gasteiger partial charge in [0, 0.05) is 12.5 Å². The number of aromatic nitrogens is 1. The van der Waals surface area contributed by atoms with E-state index >= 15 is 0 Å². The summed E-state index contributed by atoms with van der Waals surface area (Å²) in [5, 5.41) is 11.4. The van der Waals surface area contributed by atoms with Crippen LogP contribution in [0.2, 0.25) is 0 Å². The molecule has 33 heavy (non-hydrogen) atoms. The van der Waals surface area contributed by atoms with Crippen LogP contribution < -0.4 is 20.5 Å². The number of fused-ring (bicyclic) bond motifs is 1. The Morgan fingerprint density at radius 2 is 2.00 bits per heavy atom. The summed E-state index contributed by atoms with van der Waals surface area (Å²) in [5.74, 6) is 0.444. The van der Waals surface area contributed by atoms with E-state index in [1.165, 1.54) is 11.8 Å². The SMILES string of the molecule is NC(CCC(=O)Nc1ccc(Oc2ccc3c(c2)CCC(c2ccccc2)O3)nc1)C(=O)O. The number of anilines is 1. The van der Waals surface area contributed by atoms with Crippen molar-refractivity contribution in [2.24, 2.45) is 5.73 Å². The van der Waals surface area contributed by atoms with E-state index in [0.717, 1.165) is 24.2 Å². The lowest BCUT2D eigenvalue weighted by molar-refractivity contribution is -0.138. The molecule has 2 heterocycles. The Bertz CT molecular complexity index is 1120. The van der Waals surface area contributed by atoms with Gasteiger partial charge in [-0.05, 0) is 54.7 Å². The highest BCUT2D eigenvalue weighted by Crippen LogP contribution is 2.37. The van der Waals surface area contributed by atoms with Crippen molar-refractivity contribution in [2.45, 2.75) is 37.8 Å². The number of nitrogens with two attached hydrogens (primary N) is 1. The largest absolute Gasteiger partial charge is 0.485 e. The van der Waals surface area contributed by atoms with Crippen molar-refractivity contribution in [1.82, 2.24) is 4.98 Å². The molecule has 1 amide bonds. The predicted octanol–water partition coefficient (Wildman–Crippen LogP) is 4.07. The number of nitrogens with zero attached hydrogens (tertiary/aromatic N) is 1. The number of aryl methyl sites for hydroxylation is 1. The molecule has 0 saturated carbocycles. The number of amides is 1. The van der Waals surface area contributed by atoms with Crippen molar-refractivity contribution in [3.05, 3.63) is 78.0 Å². The van der Waals surface area contributed by atoms with Gasteiger partial charge in [-0.3, -0.25) is 9.59 Å². The zero-order valence-electron chi connectivity index (χ0n) is 17.9. The van der Waals surface area contributed by atoms with Crippen molar-refractivity contribution < 1.29 is 24.2 Å². The Labute approximate surface area is 191 Å². The summed E-state index contributed by atoms with van der Waals surface area (Å²) >= 11 is 0. The topological polar surface area (TPSA) is 124 Å². The molecule has 0 spiro atoms. The van der Waals surface area contributed by atoms with Crippen LogP contribution in [0.15, 0.2) is 66.9 Å². The summed E-state index contributed by atoms with van der Waals surface area (Å²) in [7, 11) is 0. The van der Waals surface area contributed by atoms with Crippen LogP contribution in [0.25, 0.3) is 0 Å². The molecule has 0 saturated heterocycles. The van der Waals surface area contributed by atoms with E-state index < -0.39 is 12.0 Å². The zero-order chi connectivity index (χ0) is 23.2. The van der Waals surface area contributed by atoms with Gasteiger partial charge < -0.3 is 25.6 Å². The molecule has 0 bridgehead atoms. The lowest BCUT2D eigenvalue weighted by atomic mass is 9.97. The lowest BCUT2D eigenvalue weighted by Crippen LogP contribution is -2.31. The fourth-order valence-electron chi connectivity index (χ4n) is 3.60. The molecule has 170 valence electrons. The first kappa shape index (κ1) is 22.3. The molecular weight excluding hydrogens is 422 g/mol. The van der Waals surface area contributed by atoms with Gasteiger partial charge in [0.05, 0.1) is 11.9 Å². The summed E-state index contributed by atoms with van der Waals surface area (Å²) in [4.78, 5) is 26.9. The molecule has 1 aliphatic rings. The fourth-order valence-corrected chi connectivity index (χ4v) is 3.60. The van der Waals surface area contributed by atoms with Crippen LogP contribution in [0.5, 0.6) is 17.4 Å². The number of pyridine rings is 1. The van der Waals surface area contributed by atoms with Gasteiger partial charge in [-0.2, -0.15) is 0 Å². The molecule has 0 radical (unpaired) electrons. The quantitative estimate of drug-likeness (QED) is 0.475. The van der Waals surface area contributed by atoms with E-state index in [1.54, 1.807) is 12.1 Å². The summed E-state index contributed by atoms with van der Waals surface area (Å²) in [6.07, 6.45) is 3.38. The molecular formula is C25H25N3O5. The molecule has 2 atom stereocenters. The molecule has 1 aromatic heterocycles. The Morgan fingerprint density at radius 1 is 1.18 bits per heavy atom. The predicted molar refractivity (Wildman–Crippen MR) is 122 cm³/mol. The van der Waals surface area contributed by atoms with Crippen LogP contribution >= 0.6 is 0 Å². The van der Waals surface area contributed by atoms with Crippen molar-refractivity contribution in [2.75, 3.05) is 5.32 Å². The number of carboxylic acids is 1. The molecule has 2 aromatic carbocycles. The first-order valence-electron chi connectivity index (χ1n) is 10.7. The minimum atomic E-state index is -1.13. The minimum absolute atomic E-state index is 0.00798. The van der Waals surface area contributed by atoms with Crippen LogP contribution in [-0.4, -0.2) is 28.0 Å². The van der Waals surface area contributed by atoms with Gasteiger partial charge in [0.15, 0.2) is 0 Å². The number of carbonyl (C=O) groups is 2. The minimum Gasteiger partial charge on any atom is -0.485 e.